The number of nitrogens with zero attached hydrogens (tertiary/aromatic N) is 1. The number of hydrogen-bond donors (Lipinski definition) is 1. The highest BCUT2D eigenvalue weighted by atomic mass is 16.6. The molecule has 5 nitrogen and oxygen atoms in total. The van der Waals surface area contributed by atoms with Crippen LogP contribution in [0.15, 0.2) is 42.5 Å². The summed E-state index contributed by atoms with van der Waals surface area (Å²) in [4.78, 5) is 10.2. The summed E-state index contributed by atoms with van der Waals surface area (Å²) in [6, 6.07) is 11.3. The molecule has 0 saturated carbocycles. The Kier molecular flexibility index (Phi) is 3.77. The lowest BCUT2D eigenvalue weighted by Crippen LogP contribution is -1.93. The first-order chi connectivity index (χ1) is 9.10. The molecule has 0 aliphatic carbocycles. The highest BCUT2D eigenvalue weighted by Gasteiger charge is 2.09. The smallest absolute Gasteiger partial charge is 0.273 e. The minimum absolute atomic E-state index is 0.0323. The third-order valence-corrected chi connectivity index (χ3v) is 2.64. The van der Waals surface area contributed by atoms with E-state index < -0.39 is 4.92 Å². The van der Waals surface area contributed by atoms with E-state index in [2.05, 4.69) is 0 Å². The molecule has 0 aromatic heterocycles. The number of non-ortho nitro benzene ring substituents is 1. The van der Waals surface area contributed by atoms with Crippen molar-refractivity contribution in [3.8, 4) is 11.5 Å². The molecule has 2 aromatic carbocycles. The summed E-state index contributed by atoms with van der Waals surface area (Å²) in [5.74, 6) is 0.862. The maximum Gasteiger partial charge on any atom is 0.273 e. The van der Waals surface area contributed by atoms with Gasteiger partial charge in [-0.05, 0) is 19.1 Å². The highest BCUT2D eigenvalue weighted by molar-refractivity contribution is 5.43. The van der Waals surface area contributed by atoms with Gasteiger partial charge in [0.05, 0.1) is 17.6 Å². The van der Waals surface area contributed by atoms with Gasteiger partial charge >= 0.3 is 0 Å². The first-order valence-corrected chi connectivity index (χ1v) is 5.73. The number of hydrogen-bond acceptors (Lipinski definition) is 4. The second kappa shape index (κ2) is 5.49. The molecule has 19 heavy (non-hydrogen) atoms. The molecule has 0 aliphatic rings. The third kappa shape index (κ3) is 3.08. The second-order valence-corrected chi connectivity index (χ2v) is 4.13. The largest absolute Gasteiger partial charge is 0.457 e. The predicted molar refractivity (Wildman–Crippen MR) is 70.3 cm³/mol. The lowest BCUT2D eigenvalue weighted by molar-refractivity contribution is -0.384. The van der Waals surface area contributed by atoms with Crippen molar-refractivity contribution in [3.05, 3.63) is 63.7 Å². The van der Waals surface area contributed by atoms with E-state index in [-0.39, 0.29) is 12.3 Å². The van der Waals surface area contributed by atoms with Crippen LogP contribution in [0.5, 0.6) is 11.5 Å². The maximum atomic E-state index is 10.7. The Morgan fingerprint density at radius 1 is 1.26 bits per heavy atom. The number of nitro benzene ring substituents is 1. The van der Waals surface area contributed by atoms with E-state index in [0.29, 0.717) is 17.1 Å². The summed E-state index contributed by atoms with van der Waals surface area (Å²) in [7, 11) is 0. The zero-order valence-electron chi connectivity index (χ0n) is 10.4. The summed E-state index contributed by atoms with van der Waals surface area (Å²) >= 11 is 0. The van der Waals surface area contributed by atoms with Crippen LogP contribution in [-0.2, 0) is 6.61 Å². The number of rotatable bonds is 4. The Morgan fingerprint density at radius 2 is 2.05 bits per heavy atom. The van der Waals surface area contributed by atoms with Crippen molar-refractivity contribution >= 4 is 5.69 Å². The molecule has 0 radical (unpaired) electrons. The molecule has 0 bridgehead atoms. The van der Waals surface area contributed by atoms with Gasteiger partial charge < -0.3 is 9.84 Å². The van der Waals surface area contributed by atoms with Crippen molar-refractivity contribution in [1.82, 2.24) is 0 Å². The number of aliphatic hydroxyl groups is 1. The zero-order chi connectivity index (χ0) is 13.8. The summed E-state index contributed by atoms with van der Waals surface area (Å²) in [6.45, 7) is 1.77. The fourth-order valence-electron chi connectivity index (χ4n) is 1.72. The van der Waals surface area contributed by atoms with Gasteiger partial charge in [0.1, 0.15) is 11.5 Å². The fraction of sp³-hybridized carbons (Fsp3) is 0.143. The third-order valence-electron chi connectivity index (χ3n) is 2.64. The SMILES string of the molecule is Cc1ccc(Oc2cccc([N+](=O)[O-])c2)c(CO)c1. The van der Waals surface area contributed by atoms with E-state index in [4.69, 9.17) is 4.74 Å². The Morgan fingerprint density at radius 3 is 2.74 bits per heavy atom. The molecule has 2 rings (SSSR count). The number of benzene rings is 2. The molecule has 0 spiro atoms. The van der Waals surface area contributed by atoms with Crippen molar-refractivity contribution < 1.29 is 14.8 Å². The summed E-state index contributed by atoms with van der Waals surface area (Å²) in [5, 5.41) is 20.0. The normalized spacial score (nSPS) is 10.2. The topological polar surface area (TPSA) is 72.6 Å². The first-order valence-electron chi connectivity index (χ1n) is 5.73. The molecule has 5 heteroatoms. The quantitative estimate of drug-likeness (QED) is 0.676. The van der Waals surface area contributed by atoms with Crippen molar-refractivity contribution in [3.63, 3.8) is 0 Å². The van der Waals surface area contributed by atoms with E-state index in [0.717, 1.165) is 5.56 Å². The number of aryl methyl sites for hydroxylation is 1. The van der Waals surface area contributed by atoms with Crippen LogP contribution in [0.3, 0.4) is 0 Å². The molecule has 0 aliphatic heterocycles. The number of ether oxygens (including phenoxy) is 1. The van der Waals surface area contributed by atoms with Crippen molar-refractivity contribution in [2.45, 2.75) is 13.5 Å². The molecule has 2 aromatic rings. The van der Waals surface area contributed by atoms with E-state index in [1.807, 2.05) is 19.1 Å². The first kappa shape index (κ1) is 13.0. The van der Waals surface area contributed by atoms with Crippen LogP contribution in [0.4, 0.5) is 5.69 Å². The van der Waals surface area contributed by atoms with Gasteiger partial charge in [-0.3, -0.25) is 10.1 Å². The van der Waals surface area contributed by atoms with E-state index in [9.17, 15) is 15.2 Å². The van der Waals surface area contributed by atoms with Gasteiger partial charge in [0.2, 0.25) is 0 Å². The lowest BCUT2D eigenvalue weighted by Gasteiger charge is -2.10. The van der Waals surface area contributed by atoms with Crippen LogP contribution in [0.1, 0.15) is 11.1 Å². The molecule has 0 amide bonds. The van der Waals surface area contributed by atoms with Gasteiger partial charge in [-0.25, -0.2) is 0 Å². The van der Waals surface area contributed by atoms with E-state index >= 15 is 0 Å². The predicted octanol–water partition coefficient (Wildman–Crippen LogP) is 3.19. The molecule has 0 atom stereocenters. The minimum atomic E-state index is -0.477. The van der Waals surface area contributed by atoms with Crippen LogP contribution in [0.25, 0.3) is 0 Å². The van der Waals surface area contributed by atoms with Crippen molar-refractivity contribution in [1.29, 1.82) is 0 Å². The molecule has 0 fully saturated rings. The number of aliphatic hydroxyl groups excluding tert-OH is 1. The Hall–Kier alpha value is -2.40. The summed E-state index contributed by atoms with van der Waals surface area (Å²) < 4.78 is 5.58. The molecule has 0 saturated heterocycles. The van der Waals surface area contributed by atoms with Crippen LogP contribution in [-0.4, -0.2) is 10.0 Å². The van der Waals surface area contributed by atoms with E-state index in [1.165, 1.54) is 12.1 Å². The fourth-order valence-corrected chi connectivity index (χ4v) is 1.72. The molecular weight excluding hydrogens is 246 g/mol. The molecular formula is C14H13NO4. The monoisotopic (exact) mass is 259 g/mol. The summed E-state index contributed by atoms with van der Waals surface area (Å²) in [5.41, 5.74) is 1.62. The van der Waals surface area contributed by atoms with Crippen LogP contribution in [0, 0.1) is 17.0 Å². The van der Waals surface area contributed by atoms with Crippen molar-refractivity contribution in [2.75, 3.05) is 0 Å². The Bertz CT molecular complexity index is 610. The molecule has 0 heterocycles. The zero-order valence-corrected chi connectivity index (χ0v) is 10.4. The molecule has 0 unspecified atom stereocenters. The summed E-state index contributed by atoms with van der Waals surface area (Å²) in [6.07, 6.45) is 0. The number of nitro groups is 1. The Balaban J connectivity index is 2.30. The van der Waals surface area contributed by atoms with Crippen LogP contribution >= 0.6 is 0 Å². The van der Waals surface area contributed by atoms with Gasteiger partial charge in [-0.1, -0.05) is 23.8 Å². The average Bonchev–Trinajstić information content (AvgIpc) is 2.41. The van der Waals surface area contributed by atoms with Gasteiger partial charge in [0.15, 0.2) is 0 Å². The van der Waals surface area contributed by atoms with E-state index in [1.54, 1.807) is 18.2 Å². The highest BCUT2D eigenvalue weighted by Crippen LogP contribution is 2.28. The van der Waals surface area contributed by atoms with Gasteiger partial charge in [-0.2, -0.15) is 0 Å². The molecule has 98 valence electrons. The van der Waals surface area contributed by atoms with Gasteiger partial charge in [0, 0.05) is 11.6 Å². The average molecular weight is 259 g/mol. The maximum absolute atomic E-state index is 10.7. The second-order valence-electron chi connectivity index (χ2n) is 4.13. The Labute approximate surface area is 110 Å². The van der Waals surface area contributed by atoms with Crippen molar-refractivity contribution in [2.24, 2.45) is 0 Å². The molecule has 1 N–H and O–H groups in total. The standard InChI is InChI=1S/C14H13NO4/c1-10-5-6-14(11(7-10)9-16)19-13-4-2-3-12(8-13)15(17)18/h2-8,16H,9H2,1H3. The minimum Gasteiger partial charge on any atom is -0.457 e. The van der Waals surface area contributed by atoms with Gasteiger partial charge in [-0.15, -0.1) is 0 Å². The van der Waals surface area contributed by atoms with Crippen LogP contribution in [0.2, 0.25) is 0 Å². The van der Waals surface area contributed by atoms with Crippen LogP contribution < -0.4 is 4.74 Å². The van der Waals surface area contributed by atoms with Gasteiger partial charge in [0.25, 0.3) is 5.69 Å². The lowest BCUT2D eigenvalue weighted by atomic mass is 10.1.